The van der Waals surface area contributed by atoms with Crippen LogP contribution in [0.3, 0.4) is 0 Å². The van der Waals surface area contributed by atoms with Gasteiger partial charge in [-0.15, -0.1) is 0 Å². The molecular formula is C20H24N3O+. The molecule has 2 aromatic carbocycles. The van der Waals surface area contributed by atoms with Crippen LogP contribution in [0.25, 0.3) is 10.8 Å². The first-order valence-electron chi connectivity index (χ1n) is 8.51. The second-order valence-electron chi connectivity index (χ2n) is 7.13. The fourth-order valence-corrected chi connectivity index (χ4v) is 3.25. The molecule has 0 spiro atoms. The van der Waals surface area contributed by atoms with E-state index in [4.69, 9.17) is 0 Å². The van der Waals surface area contributed by atoms with Crippen LogP contribution in [-0.2, 0) is 11.3 Å². The van der Waals surface area contributed by atoms with Crippen LogP contribution in [0.5, 0.6) is 0 Å². The van der Waals surface area contributed by atoms with Crippen LogP contribution in [-0.4, -0.2) is 25.0 Å². The van der Waals surface area contributed by atoms with Crippen LogP contribution in [0.4, 0.5) is 0 Å². The number of likely N-dealkylation sites (N-methyl/N-ethyl adjacent to an activating group) is 1. The number of amides is 1. The van der Waals surface area contributed by atoms with Gasteiger partial charge >= 0.3 is 0 Å². The number of carbonyl (C=O) groups is 1. The van der Waals surface area contributed by atoms with Gasteiger partial charge in [0.2, 0.25) is 0 Å². The molecule has 0 aliphatic heterocycles. The highest BCUT2D eigenvalue weighted by Crippen LogP contribution is 2.39. The average Bonchev–Trinajstić information content (AvgIpc) is 3.39. The molecule has 0 radical (unpaired) electrons. The minimum absolute atomic E-state index is 0.0516. The number of rotatable bonds is 6. The molecule has 1 amide bonds. The zero-order valence-corrected chi connectivity index (χ0v) is 14.3. The molecule has 0 bridgehead atoms. The van der Waals surface area contributed by atoms with Crippen molar-refractivity contribution in [2.75, 3.05) is 13.6 Å². The third kappa shape index (κ3) is 3.74. The van der Waals surface area contributed by atoms with E-state index in [1.807, 2.05) is 26.1 Å². The Morgan fingerprint density at radius 3 is 2.67 bits per heavy atom. The number of fused-ring (bicyclic) bond motifs is 1. The Morgan fingerprint density at radius 1 is 1.29 bits per heavy atom. The van der Waals surface area contributed by atoms with Crippen LogP contribution in [0.2, 0.25) is 0 Å². The van der Waals surface area contributed by atoms with Crippen molar-refractivity contribution in [1.82, 2.24) is 5.32 Å². The summed E-state index contributed by atoms with van der Waals surface area (Å²) in [4.78, 5) is 13.4. The first-order chi connectivity index (χ1) is 11.5. The Hall–Kier alpha value is -2.38. The average molecular weight is 322 g/mol. The normalized spacial score (nSPS) is 17.7. The van der Waals surface area contributed by atoms with Gasteiger partial charge in [0.1, 0.15) is 12.1 Å². The molecule has 2 aromatic rings. The number of nitrogens with zero attached hydrogens (tertiary/aromatic N) is 1. The lowest BCUT2D eigenvalue weighted by molar-refractivity contribution is -0.885. The highest BCUT2D eigenvalue weighted by atomic mass is 16.2. The van der Waals surface area contributed by atoms with E-state index in [2.05, 4.69) is 41.7 Å². The van der Waals surface area contributed by atoms with Crippen LogP contribution < -0.4 is 10.2 Å². The first kappa shape index (κ1) is 16.5. The predicted octanol–water partition coefficient (Wildman–Crippen LogP) is 1.66. The van der Waals surface area contributed by atoms with E-state index in [9.17, 15) is 10.1 Å². The van der Waals surface area contributed by atoms with Crippen molar-refractivity contribution in [1.29, 1.82) is 5.26 Å². The van der Waals surface area contributed by atoms with Gasteiger partial charge in [0.05, 0.1) is 13.1 Å². The third-order valence-electron chi connectivity index (χ3n) is 4.81. The molecule has 1 aliphatic carbocycles. The molecule has 0 aromatic heterocycles. The highest BCUT2D eigenvalue weighted by Gasteiger charge is 2.43. The number of nitriles is 1. The second kappa shape index (κ2) is 6.62. The molecule has 2 atom stereocenters. The Bertz CT molecular complexity index is 791. The van der Waals surface area contributed by atoms with Crippen molar-refractivity contribution in [3.05, 3.63) is 48.0 Å². The number of benzene rings is 2. The van der Waals surface area contributed by atoms with Crippen LogP contribution in [0.15, 0.2) is 42.5 Å². The SMILES string of the molecule is C[NH+](CC(=O)N[C@@](C)(C#N)C1CC1)Cc1ccc2ccccc2c1. The third-order valence-corrected chi connectivity index (χ3v) is 4.81. The van der Waals surface area contributed by atoms with Gasteiger partial charge in [-0.05, 0) is 42.5 Å². The molecule has 124 valence electrons. The lowest BCUT2D eigenvalue weighted by Crippen LogP contribution is -3.09. The fraction of sp³-hybridized carbons (Fsp3) is 0.400. The van der Waals surface area contributed by atoms with E-state index in [0.29, 0.717) is 12.5 Å². The lowest BCUT2D eigenvalue weighted by Gasteiger charge is -2.23. The van der Waals surface area contributed by atoms with E-state index in [-0.39, 0.29) is 5.91 Å². The molecule has 0 heterocycles. The standard InChI is InChI=1S/C20H23N3O/c1-20(14-21,18-9-10-18)22-19(24)13-23(2)12-15-7-8-16-5-3-4-6-17(16)11-15/h3-8,11,18H,9-10,12-13H2,1-2H3,(H,22,24)/p+1/t20-/m0/s1. The van der Waals surface area contributed by atoms with Gasteiger partial charge in [-0.3, -0.25) is 4.79 Å². The van der Waals surface area contributed by atoms with E-state index in [0.717, 1.165) is 24.3 Å². The number of hydrogen-bond acceptors (Lipinski definition) is 2. The molecule has 0 saturated heterocycles. The molecule has 1 fully saturated rings. The quantitative estimate of drug-likeness (QED) is 0.850. The lowest BCUT2D eigenvalue weighted by atomic mass is 9.98. The number of carbonyl (C=O) groups excluding carboxylic acids is 1. The summed E-state index contributed by atoms with van der Waals surface area (Å²) in [6.45, 7) is 2.99. The maximum Gasteiger partial charge on any atom is 0.276 e. The summed E-state index contributed by atoms with van der Waals surface area (Å²) in [6, 6.07) is 17.0. The first-order valence-corrected chi connectivity index (χ1v) is 8.51. The topological polar surface area (TPSA) is 57.3 Å². The van der Waals surface area contributed by atoms with Crippen LogP contribution >= 0.6 is 0 Å². The zero-order chi connectivity index (χ0) is 17.2. The van der Waals surface area contributed by atoms with Gasteiger partial charge < -0.3 is 10.2 Å². The van der Waals surface area contributed by atoms with Gasteiger partial charge in [0.15, 0.2) is 6.54 Å². The molecule has 2 N–H and O–H groups in total. The van der Waals surface area contributed by atoms with Crippen molar-refractivity contribution in [3.63, 3.8) is 0 Å². The van der Waals surface area contributed by atoms with E-state index in [1.54, 1.807) is 0 Å². The molecule has 1 aliphatic rings. The summed E-state index contributed by atoms with van der Waals surface area (Å²) in [5, 5.41) is 14.7. The summed E-state index contributed by atoms with van der Waals surface area (Å²) in [5.74, 6) is 0.261. The monoisotopic (exact) mass is 322 g/mol. The Balaban J connectivity index is 1.59. The number of hydrogen-bond donors (Lipinski definition) is 2. The maximum absolute atomic E-state index is 12.3. The van der Waals surface area contributed by atoms with Crippen molar-refractivity contribution < 1.29 is 9.69 Å². The minimum atomic E-state index is -0.708. The van der Waals surface area contributed by atoms with Gasteiger partial charge in [-0.25, -0.2) is 0 Å². The summed E-state index contributed by atoms with van der Waals surface area (Å²) in [7, 11) is 2.01. The fourth-order valence-electron chi connectivity index (χ4n) is 3.25. The highest BCUT2D eigenvalue weighted by molar-refractivity contribution is 5.83. The largest absolute Gasteiger partial charge is 0.333 e. The van der Waals surface area contributed by atoms with Crippen molar-refractivity contribution in [2.45, 2.75) is 31.8 Å². The summed E-state index contributed by atoms with van der Waals surface area (Å²) in [6.07, 6.45) is 2.06. The minimum Gasteiger partial charge on any atom is -0.333 e. The molecular weight excluding hydrogens is 298 g/mol. The van der Waals surface area contributed by atoms with Crippen molar-refractivity contribution in [3.8, 4) is 6.07 Å². The van der Waals surface area contributed by atoms with E-state index in [1.165, 1.54) is 16.3 Å². The summed E-state index contributed by atoms with van der Waals surface area (Å²) < 4.78 is 0. The number of quaternary nitrogens is 1. The summed E-state index contributed by atoms with van der Waals surface area (Å²) in [5.41, 5.74) is 0.504. The molecule has 4 nitrogen and oxygen atoms in total. The van der Waals surface area contributed by atoms with Crippen LogP contribution in [0.1, 0.15) is 25.3 Å². The van der Waals surface area contributed by atoms with Crippen LogP contribution in [0, 0.1) is 17.2 Å². The molecule has 24 heavy (non-hydrogen) atoms. The van der Waals surface area contributed by atoms with Crippen molar-refractivity contribution >= 4 is 16.7 Å². The Morgan fingerprint density at radius 2 is 2.00 bits per heavy atom. The van der Waals surface area contributed by atoms with E-state index < -0.39 is 5.54 Å². The zero-order valence-electron chi connectivity index (χ0n) is 14.3. The summed E-state index contributed by atoms with van der Waals surface area (Å²) >= 11 is 0. The molecule has 1 unspecified atom stereocenters. The molecule has 3 rings (SSSR count). The Labute approximate surface area is 143 Å². The maximum atomic E-state index is 12.3. The second-order valence-corrected chi connectivity index (χ2v) is 7.13. The van der Waals surface area contributed by atoms with Gasteiger partial charge in [-0.2, -0.15) is 5.26 Å². The van der Waals surface area contributed by atoms with Gasteiger partial charge in [0, 0.05) is 5.56 Å². The Kier molecular flexibility index (Phi) is 4.55. The molecule has 1 saturated carbocycles. The van der Waals surface area contributed by atoms with Crippen molar-refractivity contribution in [2.24, 2.45) is 5.92 Å². The van der Waals surface area contributed by atoms with Gasteiger partial charge in [0.25, 0.3) is 5.91 Å². The number of nitrogens with one attached hydrogen (secondary N) is 2. The van der Waals surface area contributed by atoms with E-state index >= 15 is 0 Å². The predicted molar refractivity (Wildman–Crippen MR) is 94.3 cm³/mol. The van der Waals surface area contributed by atoms with Gasteiger partial charge in [-0.1, -0.05) is 36.4 Å². The smallest absolute Gasteiger partial charge is 0.276 e. The molecule has 4 heteroatoms.